The Kier molecular flexibility index (Phi) is 2.60. The van der Waals surface area contributed by atoms with Crippen molar-refractivity contribution in [1.29, 1.82) is 0 Å². The molecule has 2 heterocycles. The molecule has 7 heteroatoms. The number of anilines is 1. The number of hydrogen-bond donors (Lipinski definition) is 1. The van der Waals surface area contributed by atoms with Crippen LogP contribution in [0.1, 0.15) is 5.56 Å². The number of aromatic nitrogens is 3. The minimum absolute atomic E-state index is 0.0454. The lowest BCUT2D eigenvalue weighted by Gasteiger charge is -2.04. The van der Waals surface area contributed by atoms with Gasteiger partial charge in [0, 0.05) is 29.6 Å². The molecule has 0 aliphatic carbocycles. The standard InChI is InChI=1S/C13H11N5O2/c1-8-4-5-17-12(6-8)15-16-13(17)10-3-2-9(18(19)20)7-11(10)14/h2-7H,14H2,1H3. The molecule has 100 valence electrons. The summed E-state index contributed by atoms with van der Waals surface area (Å²) in [7, 11) is 0. The van der Waals surface area contributed by atoms with Gasteiger partial charge in [-0.25, -0.2) is 0 Å². The molecule has 2 aromatic heterocycles. The van der Waals surface area contributed by atoms with Crippen molar-refractivity contribution in [3.05, 3.63) is 52.2 Å². The Labute approximate surface area is 113 Å². The highest BCUT2D eigenvalue weighted by Gasteiger charge is 2.14. The summed E-state index contributed by atoms with van der Waals surface area (Å²) < 4.78 is 1.80. The van der Waals surface area contributed by atoms with Gasteiger partial charge in [-0.15, -0.1) is 10.2 Å². The predicted octanol–water partition coefficient (Wildman–Crippen LogP) is 2.20. The smallest absolute Gasteiger partial charge is 0.271 e. The van der Waals surface area contributed by atoms with Gasteiger partial charge in [0.25, 0.3) is 5.69 Å². The van der Waals surface area contributed by atoms with Gasteiger partial charge in [0.2, 0.25) is 0 Å². The maximum atomic E-state index is 10.7. The normalized spacial score (nSPS) is 10.8. The van der Waals surface area contributed by atoms with Crippen LogP contribution in [0.5, 0.6) is 0 Å². The van der Waals surface area contributed by atoms with Crippen LogP contribution in [0.2, 0.25) is 0 Å². The van der Waals surface area contributed by atoms with E-state index in [1.165, 1.54) is 12.1 Å². The molecule has 0 saturated heterocycles. The number of nitrogens with two attached hydrogens (primary N) is 1. The quantitative estimate of drug-likeness (QED) is 0.436. The Morgan fingerprint density at radius 1 is 1.25 bits per heavy atom. The maximum absolute atomic E-state index is 10.7. The molecule has 0 atom stereocenters. The number of hydrogen-bond acceptors (Lipinski definition) is 5. The summed E-state index contributed by atoms with van der Waals surface area (Å²) in [6.07, 6.45) is 1.85. The lowest BCUT2D eigenvalue weighted by Crippen LogP contribution is -1.97. The minimum atomic E-state index is -0.481. The van der Waals surface area contributed by atoms with Gasteiger partial charge >= 0.3 is 0 Å². The number of nitrogens with zero attached hydrogens (tertiary/aromatic N) is 4. The fourth-order valence-corrected chi connectivity index (χ4v) is 2.04. The summed E-state index contributed by atoms with van der Waals surface area (Å²) in [5, 5.41) is 18.9. The topological polar surface area (TPSA) is 99.3 Å². The van der Waals surface area contributed by atoms with Gasteiger partial charge in [0.15, 0.2) is 11.5 Å². The van der Waals surface area contributed by atoms with E-state index >= 15 is 0 Å². The zero-order chi connectivity index (χ0) is 14.3. The van der Waals surface area contributed by atoms with E-state index in [2.05, 4.69) is 10.2 Å². The Morgan fingerprint density at radius 3 is 2.75 bits per heavy atom. The van der Waals surface area contributed by atoms with Gasteiger partial charge in [0.1, 0.15) is 0 Å². The molecule has 0 radical (unpaired) electrons. The summed E-state index contributed by atoms with van der Waals surface area (Å²) in [5.41, 5.74) is 8.54. The Bertz CT molecular complexity index is 825. The van der Waals surface area contributed by atoms with Crippen molar-refractivity contribution in [2.24, 2.45) is 0 Å². The summed E-state index contributed by atoms with van der Waals surface area (Å²) >= 11 is 0. The third kappa shape index (κ3) is 1.85. The van der Waals surface area contributed by atoms with Crippen LogP contribution >= 0.6 is 0 Å². The lowest BCUT2D eigenvalue weighted by molar-refractivity contribution is -0.384. The number of nitrogen functional groups attached to an aromatic ring is 1. The number of pyridine rings is 1. The Morgan fingerprint density at radius 2 is 2.05 bits per heavy atom. The second-order valence-electron chi connectivity index (χ2n) is 4.48. The molecule has 0 spiro atoms. The van der Waals surface area contributed by atoms with E-state index in [1.807, 2.05) is 25.3 Å². The molecule has 0 aliphatic rings. The van der Waals surface area contributed by atoms with Gasteiger partial charge in [-0.3, -0.25) is 14.5 Å². The monoisotopic (exact) mass is 269 g/mol. The van der Waals surface area contributed by atoms with Gasteiger partial charge in [-0.2, -0.15) is 0 Å². The highest BCUT2D eigenvalue weighted by molar-refractivity contribution is 5.75. The molecule has 0 unspecified atom stereocenters. The molecule has 20 heavy (non-hydrogen) atoms. The van der Waals surface area contributed by atoms with Crippen LogP contribution in [0.4, 0.5) is 11.4 Å². The molecule has 3 aromatic rings. The van der Waals surface area contributed by atoms with Crippen molar-refractivity contribution in [2.75, 3.05) is 5.73 Å². The van der Waals surface area contributed by atoms with Crippen molar-refractivity contribution in [3.63, 3.8) is 0 Å². The molecule has 7 nitrogen and oxygen atoms in total. The Hall–Kier alpha value is -2.96. The number of rotatable bonds is 2. The molecule has 3 rings (SSSR count). The van der Waals surface area contributed by atoms with Crippen molar-refractivity contribution < 1.29 is 4.92 Å². The average molecular weight is 269 g/mol. The largest absolute Gasteiger partial charge is 0.398 e. The van der Waals surface area contributed by atoms with Gasteiger partial charge in [-0.1, -0.05) is 0 Å². The van der Waals surface area contributed by atoms with Crippen molar-refractivity contribution in [1.82, 2.24) is 14.6 Å². The molecule has 0 amide bonds. The van der Waals surface area contributed by atoms with Crippen LogP contribution in [0.15, 0.2) is 36.5 Å². The van der Waals surface area contributed by atoms with Crippen molar-refractivity contribution in [2.45, 2.75) is 6.92 Å². The number of fused-ring (bicyclic) bond motifs is 1. The van der Waals surface area contributed by atoms with E-state index in [0.29, 0.717) is 22.7 Å². The first-order valence-electron chi connectivity index (χ1n) is 5.92. The maximum Gasteiger partial charge on any atom is 0.271 e. The number of aryl methyl sites for hydroxylation is 1. The predicted molar refractivity (Wildman–Crippen MR) is 74.2 cm³/mol. The van der Waals surface area contributed by atoms with E-state index < -0.39 is 4.92 Å². The Balaban J connectivity index is 2.18. The minimum Gasteiger partial charge on any atom is -0.398 e. The zero-order valence-electron chi connectivity index (χ0n) is 10.6. The number of nitro groups is 1. The van der Waals surface area contributed by atoms with E-state index in [9.17, 15) is 10.1 Å². The summed E-state index contributed by atoms with van der Waals surface area (Å²) in [4.78, 5) is 10.2. The van der Waals surface area contributed by atoms with Crippen LogP contribution in [0, 0.1) is 17.0 Å². The van der Waals surface area contributed by atoms with Crippen LogP contribution in [0.3, 0.4) is 0 Å². The van der Waals surface area contributed by atoms with Crippen LogP contribution in [-0.4, -0.2) is 19.5 Å². The molecular formula is C13H11N5O2. The van der Waals surface area contributed by atoms with Gasteiger partial charge in [0.05, 0.1) is 4.92 Å². The highest BCUT2D eigenvalue weighted by atomic mass is 16.6. The average Bonchev–Trinajstić information content (AvgIpc) is 2.81. The molecule has 0 bridgehead atoms. The first kappa shape index (κ1) is 12.1. The van der Waals surface area contributed by atoms with Crippen LogP contribution in [0.25, 0.3) is 17.0 Å². The first-order valence-corrected chi connectivity index (χ1v) is 5.92. The third-order valence-corrected chi connectivity index (χ3v) is 3.05. The fraction of sp³-hybridized carbons (Fsp3) is 0.0769. The molecule has 0 saturated carbocycles. The molecule has 1 aromatic carbocycles. The zero-order valence-corrected chi connectivity index (χ0v) is 10.6. The molecule has 0 aliphatic heterocycles. The van der Waals surface area contributed by atoms with Gasteiger partial charge < -0.3 is 5.73 Å². The van der Waals surface area contributed by atoms with Crippen molar-refractivity contribution >= 4 is 17.0 Å². The van der Waals surface area contributed by atoms with E-state index in [-0.39, 0.29) is 5.69 Å². The number of benzene rings is 1. The van der Waals surface area contributed by atoms with Crippen LogP contribution in [-0.2, 0) is 0 Å². The van der Waals surface area contributed by atoms with Crippen LogP contribution < -0.4 is 5.73 Å². The number of non-ortho nitro benzene ring substituents is 1. The summed E-state index contributed by atoms with van der Waals surface area (Å²) in [6, 6.07) is 8.15. The second kappa shape index (κ2) is 4.30. The highest BCUT2D eigenvalue weighted by Crippen LogP contribution is 2.28. The number of nitro benzene ring substituents is 1. The van der Waals surface area contributed by atoms with Gasteiger partial charge in [-0.05, 0) is 30.7 Å². The SMILES string of the molecule is Cc1ccn2c(-c3ccc([N+](=O)[O-])cc3N)nnc2c1. The molecule has 2 N–H and O–H groups in total. The third-order valence-electron chi connectivity index (χ3n) is 3.05. The summed E-state index contributed by atoms with van der Waals surface area (Å²) in [5.74, 6) is 0.562. The van der Waals surface area contributed by atoms with E-state index in [4.69, 9.17) is 5.73 Å². The van der Waals surface area contributed by atoms with E-state index in [0.717, 1.165) is 5.56 Å². The lowest BCUT2D eigenvalue weighted by atomic mass is 10.1. The fourth-order valence-electron chi connectivity index (χ4n) is 2.04. The molecular weight excluding hydrogens is 258 g/mol. The van der Waals surface area contributed by atoms with Crippen molar-refractivity contribution in [3.8, 4) is 11.4 Å². The summed E-state index contributed by atoms with van der Waals surface area (Å²) in [6.45, 7) is 1.97. The molecule has 0 fully saturated rings. The van der Waals surface area contributed by atoms with E-state index in [1.54, 1.807) is 10.5 Å². The first-order chi connectivity index (χ1) is 9.56. The second-order valence-corrected chi connectivity index (χ2v) is 4.48.